The van der Waals surface area contributed by atoms with Crippen LogP contribution < -0.4 is 15.0 Å². The highest BCUT2D eigenvalue weighted by Crippen LogP contribution is 2.28. The van der Waals surface area contributed by atoms with Crippen LogP contribution in [0, 0.1) is 6.92 Å². The van der Waals surface area contributed by atoms with Gasteiger partial charge < -0.3 is 19.9 Å². The summed E-state index contributed by atoms with van der Waals surface area (Å²) in [6.07, 6.45) is 0.697. The van der Waals surface area contributed by atoms with Crippen LogP contribution in [0.1, 0.15) is 24.5 Å². The highest BCUT2D eigenvalue weighted by atomic mass is 16.5. The third-order valence-corrected chi connectivity index (χ3v) is 5.37. The van der Waals surface area contributed by atoms with Gasteiger partial charge in [0.2, 0.25) is 11.8 Å². The zero-order valence-electron chi connectivity index (χ0n) is 17.4. The second-order valence-corrected chi connectivity index (χ2v) is 7.23. The van der Waals surface area contributed by atoms with Crippen molar-refractivity contribution in [1.82, 2.24) is 4.90 Å². The van der Waals surface area contributed by atoms with Gasteiger partial charge >= 0.3 is 0 Å². The van der Waals surface area contributed by atoms with Crippen LogP contribution in [0.5, 0.6) is 5.75 Å². The highest BCUT2D eigenvalue weighted by molar-refractivity contribution is 6.04. The van der Waals surface area contributed by atoms with Crippen molar-refractivity contribution in [2.75, 3.05) is 43.5 Å². The number of rotatable bonds is 6. The average molecular weight is 396 g/mol. The molecule has 0 saturated carbocycles. The van der Waals surface area contributed by atoms with Crippen LogP contribution in [0.4, 0.5) is 11.4 Å². The van der Waals surface area contributed by atoms with Gasteiger partial charge in [-0.1, -0.05) is 37.3 Å². The van der Waals surface area contributed by atoms with Gasteiger partial charge in [0, 0.05) is 31.9 Å². The lowest BCUT2D eigenvalue weighted by Gasteiger charge is -2.36. The first-order valence-corrected chi connectivity index (χ1v) is 10.1. The summed E-state index contributed by atoms with van der Waals surface area (Å²) in [5.41, 5.74) is 3.95. The normalized spacial score (nSPS) is 13.9. The van der Waals surface area contributed by atoms with Gasteiger partial charge in [0.25, 0.3) is 0 Å². The molecule has 1 N–H and O–H groups in total. The molecule has 6 nitrogen and oxygen atoms in total. The summed E-state index contributed by atoms with van der Waals surface area (Å²) in [6.45, 7) is 6.63. The maximum absolute atomic E-state index is 12.6. The zero-order valence-corrected chi connectivity index (χ0v) is 17.4. The minimum absolute atomic E-state index is 0.131. The summed E-state index contributed by atoms with van der Waals surface area (Å²) in [4.78, 5) is 29.1. The summed E-state index contributed by atoms with van der Waals surface area (Å²) in [7, 11) is 1.66. The fourth-order valence-corrected chi connectivity index (χ4v) is 3.72. The van der Waals surface area contributed by atoms with E-state index in [1.165, 1.54) is 0 Å². The number of hydrogen-bond acceptors (Lipinski definition) is 4. The number of methoxy groups -OCH3 is 1. The second-order valence-electron chi connectivity index (χ2n) is 7.23. The van der Waals surface area contributed by atoms with Gasteiger partial charge in [-0.15, -0.1) is 0 Å². The van der Waals surface area contributed by atoms with Gasteiger partial charge in [-0.05, 0) is 36.6 Å². The Labute approximate surface area is 172 Å². The molecule has 1 fully saturated rings. The van der Waals surface area contributed by atoms with Crippen molar-refractivity contribution in [3.8, 4) is 5.75 Å². The van der Waals surface area contributed by atoms with E-state index >= 15 is 0 Å². The summed E-state index contributed by atoms with van der Waals surface area (Å²) in [5.74, 6) is 0.441. The van der Waals surface area contributed by atoms with E-state index in [1.807, 2.05) is 49.4 Å². The molecule has 6 heteroatoms. The predicted molar refractivity (Wildman–Crippen MR) is 116 cm³/mol. The molecule has 154 valence electrons. The molecular formula is C23H29N3O3. The molecule has 0 atom stereocenters. The van der Waals surface area contributed by atoms with E-state index < -0.39 is 0 Å². The average Bonchev–Trinajstić information content (AvgIpc) is 2.75. The molecule has 2 aromatic carbocycles. The molecule has 0 aliphatic carbocycles. The highest BCUT2D eigenvalue weighted by Gasteiger charge is 2.24. The predicted octanol–water partition coefficient (Wildman–Crippen LogP) is 3.24. The minimum Gasteiger partial charge on any atom is -0.495 e. The Morgan fingerprint density at radius 1 is 1.03 bits per heavy atom. The van der Waals surface area contributed by atoms with Crippen molar-refractivity contribution in [2.24, 2.45) is 0 Å². The number of carbonyl (C=O) groups is 2. The zero-order chi connectivity index (χ0) is 20.8. The van der Waals surface area contributed by atoms with Gasteiger partial charge in [0.15, 0.2) is 0 Å². The van der Waals surface area contributed by atoms with Crippen LogP contribution in [-0.2, 0) is 16.0 Å². The van der Waals surface area contributed by atoms with Crippen LogP contribution in [0.15, 0.2) is 42.5 Å². The smallest absolute Gasteiger partial charge is 0.233 e. The first-order valence-electron chi connectivity index (χ1n) is 10.1. The molecule has 3 rings (SSSR count). The van der Waals surface area contributed by atoms with Gasteiger partial charge in [0.1, 0.15) is 12.2 Å². The summed E-state index contributed by atoms with van der Waals surface area (Å²) >= 11 is 0. The van der Waals surface area contributed by atoms with E-state index in [-0.39, 0.29) is 18.2 Å². The van der Waals surface area contributed by atoms with Crippen molar-refractivity contribution >= 4 is 23.2 Å². The number of amides is 2. The van der Waals surface area contributed by atoms with Crippen LogP contribution >= 0.6 is 0 Å². The summed E-state index contributed by atoms with van der Waals surface area (Å²) in [6, 6.07) is 13.8. The molecular weight excluding hydrogens is 366 g/mol. The molecule has 0 radical (unpaired) electrons. The quantitative estimate of drug-likeness (QED) is 0.763. The van der Waals surface area contributed by atoms with Gasteiger partial charge in [-0.25, -0.2) is 0 Å². The Kier molecular flexibility index (Phi) is 6.75. The van der Waals surface area contributed by atoms with Crippen molar-refractivity contribution < 1.29 is 14.3 Å². The Morgan fingerprint density at radius 3 is 2.45 bits per heavy atom. The molecule has 29 heavy (non-hydrogen) atoms. The third-order valence-electron chi connectivity index (χ3n) is 5.37. The molecule has 0 bridgehead atoms. The van der Waals surface area contributed by atoms with Gasteiger partial charge in [0.05, 0.1) is 12.8 Å². The number of nitrogens with one attached hydrogen (secondary N) is 1. The molecule has 1 aliphatic rings. The van der Waals surface area contributed by atoms with Crippen molar-refractivity contribution in [3.05, 3.63) is 53.6 Å². The number of benzene rings is 2. The Bertz CT molecular complexity index is 873. The number of piperazine rings is 1. The van der Waals surface area contributed by atoms with Crippen molar-refractivity contribution in [1.29, 1.82) is 0 Å². The number of ether oxygens (including phenoxy) is 1. The maximum Gasteiger partial charge on any atom is 0.233 e. The fourth-order valence-electron chi connectivity index (χ4n) is 3.72. The lowest BCUT2D eigenvalue weighted by molar-refractivity contribution is -0.134. The number of nitrogens with zero attached hydrogens (tertiary/aromatic N) is 2. The van der Waals surface area contributed by atoms with Crippen LogP contribution in [-0.4, -0.2) is 50.0 Å². The summed E-state index contributed by atoms with van der Waals surface area (Å²) in [5, 5.41) is 2.94. The Balaban J connectivity index is 1.55. The number of anilines is 2. The van der Waals surface area contributed by atoms with E-state index in [0.717, 1.165) is 34.7 Å². The standard InChI is InChI=1S/C23H29N3O3/c1-4-18-9-7-8-17(2)23(18)24-21(27)16-22(28)26-14-12-25(13-15-26)19-10-5-6-11-20(19)29-3/h5-11H,4,12-16H2,1-3H3,(H,24,27). The van der Waals surface area contributed by atoms with E-state index in [4.69, 9.17) is 4.74 Å². The van der Waals surface area contributed by atoms with Crippen LogP contribution in [0.3, 0.4) is 0 Å². The molecule has 1 aliphatic heterocycles. The SMILES string of the molecule is CCc1cccc(C)c1NC(=O)CC(=O)N1CCN(c2ccccc2OC)CC1. The number of para-hydroxylation sites is 3. The summed E-state index contributed by atoms with van der Waals surface area (Å²) < 4.78 is 5.44. The molecule has 0 aromatic heterocycles. The largest absolute Gasteiger partial charge is 0.495 e. The molecule has 1 heterocycles. The Hall–Kier alpha value is -3.02. The Morgan fingerprint density at radius 2 is 1.76 bits per heavy atom. The topological polar surface area (TPSA) is 61.9 Å². The fraction of sp³-hybridized carbons (Fsp3) is 0.391. The maximum atomic E-state index is 12.6. The molecule has 0 unspecified atom stereocenters. The van der Waals surface area contributed by atoms with Crippen LogP contribution in [0.25, 0.3) is 0 Å². The van der Waals surface area contributed by atoms with Crippen molar-refractivity contribution in [2.45, 2.75) is 26.7 Å². The third kappa shape index (κ3) is 4.88. The second kappa shape index (κ2) is 9.45. The molecule has 1 saturated heterocycles. The van der Waals surface area contributed by atoms with Crippen LogP contribution in [0.2, 0.25) is 0 Å². The first kappa shape index (κ1) is 20.7. The first-order chi connectivity index (χ1) is 14.0. The number of hydrogen-bond donors (Lipinski definition) is 1. The van der Waals surface area contributed by atoms with E-state index in [1.54, 1.807) is 12.0 Å². The number of aryl methyl sites for hydroxylation is 2. The van der Waals surface area contributed by atoms with E-state index in [9.17, 15) is 9.59 Å². The minimum atomic E-state index is -0.258. The lowest BCUT2D eigenvalue weighted by atomic mass is 10.1. The number of carbonyl (C=O) groups excluding carboxylic acids is 2. The van der Waals surface area contributed by atoms with Crippen molar-refractivity contribution in [3.63, 3.8) is 0 Å². The lowest BCUT2D eigenvalue weighted by Crippen LogP contribution is -2.49. The monoisotopic (exact) mass is 395 g/mol. The van der Waals surface area contributed by atoms with Gasteiger partial charge in [-0.2, -0.15) is 0 Å². The molecule has 0 spiro atoms. The molecule has 2 aromatic rings. The van der Waals surface area contributed by atoms with E-state index in [0.29, 0.717) is 26.2 Å². The molecule has 2 amide bonds. The van der Waals surface area contributed by atoms with E-state index in [2.05, 4.69) is 17.1 Å². The van der Waals surface area contributed by atoms with Gasteiger partial charge in [-0.3, -0.25) is 9.59 Å².